The Labute approximate surface area is 344 Å². The van der Waals surface area contributed by atoms with E-state index in [0.29, 0.717) is 18.6 Å². The molecule has 1 saturated heterocycles. The number of fused-ring (bicyclic) bond motifs is 1. The predicted molar refractivity (Wildman–Crippen MR) is 218 cm³/mol. The molecule has 6 amide bonds. The molecule has 2 aliphatic carbocycles. The van der Waals surface area contributed by atoms with Crippen molar-refractivity contribution in [3.8, 4) is 5.75 Å². The van der Waals surface area contributed by atoms with Gasteiger partial charge in [0.2, 0.25) is 17.7 Å². The molecule has 316 valence electrons. The Balaban J connectivity index is 1.19. The molecule has 1 aromatic heterocycles. The number of benzene rings is 2. The highest BCUT2D eigenvalue weighted by Gasteiger charge is 2.44. The normalized spacial score (nSPS) is 20.2. The largest absolute Gasteiger partial charge is 0.415 e. The van der Waals surface area contributed by atoms with E-state index in [4.69, 9.17) is 4.74 Å². The second-order valence-corrected chi connectivity index (χ2v) is 16.3. The summed E-state index contributed by atoms with van der Waals surface area (Å²) in [7, 11) is 0. The lowest BCUT2D eigenvalue weighted by Crippen LogP contribution is -2.60. The van der Waals surface area contributed by atoms with Gasteiger partial charge in [0.15, 0.2) is 6.10 Å². The summed E-state index contributed by atoms with van der Waals surface area (Å²) in [4.78, 5) is 91.5. The summed E-state index contributed by atoms with van der Waals surface area (Å²) in [6.07, 6.45) is 8.70. The first-order valence-electron chi connectivity index (χ1n) is 20.8. The molecule has 0 radical (unpaired) electrons. The summed E-state index contributed by atoms with van der Waals surface area (Å²) in [6, 6.07) is 9.00. The Morgan fingerprint density at radius 3 is 2.27 bits per heavy atom. The predicted octanol–water partition coefficient (Wildman–Crippen LogP) is 2.99. The zero-order valence-electron chi connectivity index (χ0n) is 33.9. The van der Waals surface area contributed by atoms with Crippen LogP contribution in [-0.4, -0.2) is 105 Å². The van der Waals surface area contributed by atoms with Gasteiger partial charge in [0, 0.05) is 31.5 Å². The van der Waals surface area contributed by atoms with Crippen molar-refractivity contribution in [3.63, 3.8) is 0 Å². The number of nitrogens with zero attached hydrogens (tertiary/aromatic N) is 3. The van der Waals surface area contributed by atoms with E-state index in [1.165, 1.54) is 23.5 Å². The number of hydrogen-bond acceptors (Lipinski definition) is 10. The molecular weight excluding hydrogens is 757 g/mol. The molecule has 6 rings (SSSR count). The van der Waals surface area contributed by atoms with Gasteiger partial charge in [-0.1, -0.05) is 76.8 Å². The Morgan fingerprint density at radius 1 is 0.847 bits per heavy atom. The van der Waals surface area contributed by atoms with Gasteiger partial charge in [0.1, 0.15) is 23.5 Å². The number of aliphatic hydroxyl groups excluding tert-OH is 1. The van der Waals surface area contributed by atoms with E-state index in [9.17, 15) is 33.9 Å². The molecule has 6 N–H and O–H groups in total. The summed E-state index contributed by atoms with van der Waals surface area (Å²) >= 11 is 0. The summed E-state index contributed by atoms with van der Waals surface area (Å²) in [6.45, 7) is 5.18. The van der Waals surface area contributed by atoms with Gasteiger partial charge in [0.05, 0.1) is 24.2 Å². The fourth-order valence-corrected chi connectivity index (χ4v) is 7.91. The molecule has 2 heterocycles. The molecule has 1 unspecified atom stereocenters. The maximum absolute atomic E-state index is 14.2. The maximum atomic E-state index is 14.2. The van der Waals surface area contributed by atoms with Gasteiger partial charge in [-0.25, -0.2) is 9.78 Å². The van der Waals surface area contributed by atoms with E-state index >= 15 is 0 Å². The summed E-state index contributed by atoms with van der Waals surface area (Å²) in [5.74, 6) is -4.09. The number of nitrogens with one attached hydrogen (secondary N) is 5. The van der Waals surface area contributed by atoms with Crippen LogP contribution in [0.2, 0.25) is 0 Å². The number of likely N-dealkylation sites (tertiary alicyclic amines) is 1. The number of aliphatic hydroxyl groups is 1. The van der Waals surface area contributed by atoms with Crippen molar-refractivity contribution in [3.05, 3.63) is 66.7 Å². The number of carbonyl (C=O) groups excluding carboxylic acids is 6. The highest BCUT2D eigenvalue weighted by atomic mass is 16.6. The van der Waals surface area contributed by atoms with Gasteiger partial charge in [0.25, 0.3) is 11.8 Å². The van der Waals surface area contributed by atoms with Crippen molar-refractivity contribution in [1.29, 1.82) is 0 Å². The van der Waals surface area contributed by atoms with Crippen molar-refractivity contribution >= 4 is 46.4 Å². The maximum Gasteiger partial charge on any atom is 0.415 e. The molecule has 0 bridgehead atoms. The monoisotopic (exact) mass is 812 g/mol. The third-order valence-electron chi connectivity index (χ3n) is 11.4. The van der Waals surface area contributed by atoms with Crippen molar-refractivity contribution in [2.24, 2.45) is 17.8 Å². The van der Waals surface area contributed by atoms with Crippen LogP contribution in [0, 0.1) is 17.8 Å². The molecule has 2 aromatic carbocycles. The second kappa shape index (κ2) is 19.9. The number of rotatable bonds is 16. The molecule has 16 heteroatoms. The minimum absolute atomic E-state index is 0.00788. The van der Waals surface area contributed by atoms with E-state index in [0.717, 1.165) is 55.7 Å². The number of ether oxygens (including phenoxy) is 1. The standard InChI is InChI=1S/C43H56N8O8/c1-4-10-32(37(52)42(57)46-29-16-17-29)47-38(53)31-23-51(43(58)59-30-18-15-26-11-8-9-14-28(26)21-30)24-34(31)48-40(55)35(25(2)3)49-41(56)36(27-12-6-5-7-13-27)50-39(54)33-22-44-19-20-45-33/h8-9,11,14-15,18-22,25,27,29,31-32,34-37,52H,4-7,10,12-13,16-17,23-24H2,1-3H3,(H,46,57)(H,47,53)(H,48,55)(H,49,56)(H,50,54)/t31-,32+,34+,35+,36+,37?/m1/s1. The molecule has 0 spiro atoms. The molecule has 3 aromatic rings. The molecule has 1 aliphatic heterocycles. The topological polar surface area (TPSA) is 221 Å². The first-order valence-corrected chi connectivity index (χ1v) is 20.8. The van der Waals surface area contributed by atoms with Crippen molar-refractivity contribution in [1.82, 2.24) is 41.5 Å². The van der Waals surface area contributed by atoms with Crippen molar-refractivity contribution in [2.45, 2.75) is 115 Å². The third-order valence-corrected chi connectivity index (χ3v) is 11.4. The summed E-state index contributed by atoms with van der Waals surface area (Å²) < 4.78 is 5.76. The van der Waals surface area contributed by atoms with Crippen LogP contribution in [0.25, 0.3) is 10.8 Å². The smallest absolute Gasteiger partial charge is 0.410 e. The Kier molecular flexibility index (Phi) is 14.5. The van der Waals surface area contributed by atoms with Gasteiger partial charge in [-0.2, -0.15) is 0 Å². The van der Waals surface area contributed by atoms with Crippen LogP contribution in [0.3, 0.4) is 0 Å². The fourth-order valence-electron chi connectivity index (χ4n) is 7.91. The number of hydrogen-bond donors (Lipinski definition) is 6. The first-order chi connectivity index (χ1) is 28.4. The van der Waals surface area contributed by atoms with E-state index in [-0.39, 0.29) is 30.7 Å². The zero-order valence-corrected chi connectivity index (χ0v) is 33.9. The van der Waals surface area contributed by atoms with Crippen molar-refractivity contribution < 1.29 is 38.6 Å². The number of aromatic nitrogens is 2. The molecule has 6 atom stereocenters. The SMILES string of the molecule is CCC[C@H](NC(=O)[C@@H]1CN(C(=O)Oc2ccc3ccccc3c2)C[C@@H]1NC(=O)[C@@H](NC(=O)[C@@H](NC(=O)c1cnccn1)C1CCCCC1)C(C)C)C(O)C(=O)NC1CC1. The molecular formula is C43H56N8O8. The molecule has 2 saturated carbocycles. The molecule has 3 fully saturated rings. The number of carbonyl (C=O) groups is 6. The number of amides is 6. The van der Waals surface area contributed by atoms with Crippen LogP contribution in [0.5, 0.6) is 5.75 Å². The minimum atomic E-state index is -1.50. The lowest BCUT2D eigenvalue weighted by Gasteiger charge is -2.32. The lowest BCUT2D eigenvalue weighted by molar-refractivity contribution is -0.134. The molecule has 59 heavy (non-hydrogen) atoms. The van der Waals surface area contributed by atoms with Crippen LogP contribution in [0.4, 0.5) is 4.79 Å². The quantitative estimate of drug-likeness (QED) is 0.124. The Hall–Kier alpha value is -5.64. The highest BCUT2D eigenvalue weighted by molar-refractivity contribution is 5.97. The van der Waals surface area contributed by atoms with Crippen LogP contribution < -0.4 is 31.3 Å². The van der Waals surface area contributed by atoms with E-state index in [1.54, 1.807) is 26.0 Å². The first kappa shape index (κ1) is 43.0. The van der Waals surface area contributed by atoms with Crippen molar-refractivity contribution in [2.75, 3.05) is 13.1 Å². The van der Waals surface area contributed by atoms with Crippen LogP contribution in [0.1, 0.15) is 89.0 Å². The Bertz CT molecular complexity index is 1970. The summed E-state index contributed by atoms with van der Waals surface area (Å²) in [5.41, 5.74) is 0.0609. The van der Waals surface area contributed by atoms with Gasteiger partial charge < -0.3 is 41.3 Å². The fraction of sp³-hybridized carbons (Fsp3) is 0.535. The van der Waals surface area contributed by atoms with Gasteiger partial charge >= 0.3 is 6.09 Å². The average molecular weight is 813 g/mol. The zero-order chi connectivity index (χ0) is 42.1. The van der Waals surface area contributed by atoms with Gasteiger partial charge in [-0.05, 0) is 66.8 Å². The summed E-state index contributed by atoms with van der Waals surface area (Å²) in [5, 5.41) is 27.1. The molecule has 3 aliphatic rings. The van der Waals surface area contributed by atoms with Crippen LogP contribution in [-0.2, 0) is 19.2 Å². The van der Waals surface area contributed by atoms with E-state index in [1.807, 2.05) is 37.3 Å². The second-order valence-electron chi connectivity index (χ2n) is 16.3. The minimum Gasteiger partial charge on any atom is -0.410 e. The van der Waals surface area contributed by atoms with Gasteiger partial charge in [-0.15, -0.1) is 0 Å². The molecule has 16 nitrogen and oxygen atoms in total. The van der Waals surface area contributed by atoms with E-state index < -0.39 is 77.7 Å². The van der Waals surface area contributed by atoms with E-state index in [2.05, 4.69) is 36.6 Å². The lowest BCUT2D eigenvalue weighted by atomic mass is 9.83. The average Bonchev–Trinajstić information content (AvgIpc) is 3.96. The third kappa shape index (κ3) is 11.3. The van der Waals surface area contributed by atoms with Gasteiger partial charge in [-0.3, -0.25) is 29.0 Å². The van der Waals surface area contributed by atoms with Crippen LogP contribution in [0.15, 0.2) is 61.1 Å². The Morgan fingerprint density at radius 2 is 1.59 bits per heavy atom. The van der Waals surface area contributed by atoms with Crippen LogP contribution >= 0.6 is 0 Å². The highest BCUT2D eigenvalue weighted by Crippen LogP contribution is 2.28.